The highest BCUT2D eigenvalue weighted by Gasteiger charge is 2.26. The second-order valence-electron chi connectivity index (χ2n) is 3.81. The van der Waals surface area contributed by atoms with Crippen LogP contribution in [0.3, 0.4) is 0 Å². The van der Waals surface area contributed by atoms with Gasteiger partial charge in [0.15, 0.2) is 8.68 Å². The van der Waals surface area contributed by atoms with E-state index in [4.69, 9.17) is 11.6 Å². The van der Waals surface area contributed by atoms with Crippen molar-refractivity contribution in [2.24, 2.45) is 0 Å². The van der Waals surface area contributed by atoms with Crippen molar-refractivity contribution in [2.75, 3.05) is 6.54 Å². The quantitative estimate of drug-likeness (QED) is 0.812. The van der Waals surface area contributed by atoms with E-state index in [0.717, 1.165) is 11.3 Å². The zero-order valence-corrected chi connectivity index (χ0v) is 12.3. The highest BCUT2D eigenvalue weighted by molar-refractivity contribution is 7.91. The largest absolute Gasteiger partial charge is 0.389 e. The Kier molecular flexibility index (Phi) is 5.60. The molecule has 0 amide bonds. The van der Waals surface area contributed by atoms with Crippen LogP contribution >= 0.6 is 22.9 Å². The summed E-state index contributed by atoms with van der Waals surface area (Å²) in [7, 11) is -3.75. The molecule has 0 bridgehead atoms. The number of nitrogens with one attached hydrogen (secondary N) is 1. The Labute approximate surface area is 118 Å². The van der Waals surface area contributed by atoms with E-state index in [1.807, 2.05) is 0 Å². The standard InChI is InChI=1S/C9H12ClF3N2O2S2/c1-6-7(18-8(10)15-6)19(16,17)14-5-3-2-4-9(11,12)13/h14H,2-5H2,1H3. The summed E-state index contributed by atoms with van der Waals surface area (Å²) >= 11 is 6.41. The van der Waals surface area contributed by atoms with Gasteiger partial charge >= 0.3 is 6.18 Å². The van der Waals surface area contributed by atoms with Crippen LogP contribution in [0.15, 0.2) is 4.21 Å². The lowest BCUT2D eigenvalue weighted by Crippen LogP contribution is -2.25. The van der Waals surface area contributed by atoms with E-state index in [-0.39, 0.29) is 33.8 Å². The maximum absolute atomic E-state index is 11.9. The molecule has 1 aromatic rings. The second kappa shape index (κ2) is 6.38. The molecule has 10 heteroatoms. The third kappa shape index (κ3) is 5.64. The van der Waals surface area contributed by atoms with Gasteiger partial charge in [0.05, 0.1) is 5.69 Å². The lowest BCUT2D eigenvalue weighted by Gasteiger charge is -2.07. The molecule has 0 saturated heterocycles. The summed E-state index contributed by atoms with van der Waals surface area (Å²) in [6.45, 7) is 1.45. The second-order valence-corrected chi connectivity index (χ2v) is 7.35. The van der Waals surface area contributed by atoms with Crippen LogP contribution in [-0.2, 0) is 10.0 Å². The summed E-state index contributed by atoms with van der Waals surface area (Å²) in [5, 5.41) is 0. The number of thiazole rings is 1. The summed E-state index contributed by atoms with van der Waals surface area (Å²) in [4.78, 5) is 3.77. The minimum absolute atomic E-state index is 0.00618. The van der Waals surface area contributed by atoms with Crippen molar-refractivity contribution in [3.05, 3.63) is 10.2 Å². The normalized spacial score (nSPS) is 12.9. The number of sulfonamides is 1. The molecule has 19 heavy (non-hydrogen) atoms. The van der Waals surface area contributed by atoms with Crippen molar-refractivity contribution in [3.63, 3.8) is 0 Å². The number of rotatable bonds is 6. The molecule has 0 aliphatic carbocycles. The average molecular weight is 337 g/mol. The monoisotopic (exact) mass is 336 g/mol. The molecule has 0 unspecified atom stereocenters. The van der Waals surface area contributed by atoms with E-state index in [2.05, 4.69) is 9.71 Å². The lowest BCUT2D eigenvalue weighted by molar-refractivity contribution is -0.135. The first kappa shape index (κ1) is 16.7. The topological polar surface area (TPSA) is 59.1 Å². The summed E-state index contributed by atoms with van der Waals surface area (Å²) in [6.07, 6.45) is -5.13. The van der Waals surface area contributed by atoms with Crippen molar-refractivity contribution in [1.82, 2.24) is 9.71 Å². The highest BCUT2D eigenvalue weighted by Crippen LogP contribution is 2.26. The van der Waals surface area contributed by atoms with E-state index in [1.165, 1.54) is 6.92 Å². The smallest absolute Gasteiger partial charge is 0.229 e. The predicted molar refractivity (Wildman–Crippen MR) is 67.0 cm³/mol. The van der Waals surface area contributed by atoms with Gasteiger partial charge in [-0.2, -0.15) is 13.2 Å². The fourth-order valence-electron chi connectivity index (χ4n) is 1.32. The van der Waals surface area contributed by atoms with Crippen LogP contribution < -0.4 is 4.72 Å². The van der Waals surface area contributed by atoms with Gasteiger partial charge < -0.3 is 0 Å². The maximum Gasteiger partial charge on any atom is 0.389 e. The Balaban J connectivity index is 2.47. The number of hydrogen-bond acceptors (Lipinski definition) is 4. The molecule has 110 valence electrons. The molecular formula is C9H12ClF3N2O2S2. The van der Waals surface area contributed by atoms with E-state index in [9.17, 15) is 21.6 Å². The number of halogens is 4. The Morgan fingerprint density at radius 2 is 2.00 bits per heavy atom. The molecule has 0 fully saturated rings. The molecule has 4 nitrogen and oxygen atoms in total. The molecule has 0 saturated carbocycles. The van der Waals surface area contributed by atoms with Crippen LogP contribution in [0, 0.1) is 6.92 Å². The molecule has 0 atom stereocenters. The van der Waals surface area contributed by atoms with Crippen molar-refractivity contribution in [3.8, 4) is 0 Å². The van der Waals surface area contributed by atoms with E-state index >= 15 is 0 Å². The zero-order valence-electron chi connectivity index (χ0n) is 9.92. The van der Waals surface area contributed by atoms with Gasteiger partial charge in [-0.25, -0.2) is 18.1 Å². The van der Waals surface area contributed by atoms with Crippen molar-refractivity contribution < 1.29 is 21.6 Å². The zero-order chi connectivity index (χ0) is 14.7. The number of aryl methyl sites for hydroxylation is 1. The minimum atomic E-state index is -4.21. The van der Waals surface area contributed by atoms with Gasteiger partial charge in [0.1, 0.15) is 0 Å². The van der Waals surface area contributed by atoms with Gasteiger partial charge in [-0.1, -0.05) is 22.9 Å². The van der Waals surface area contributed by atoms with Gasteiger partial charge in [0.25, 0.3) is 10.0 Å². The Hall–Kier alpha value is -0.380. The van der Waals surface area contributed by atoms with Crippen molar-refractivity contribution in [1.29, 1.82) is 0 Å². The number of nitrogens with zero attached hydrogens (tertiary/aromatic N) is 1. The molecule has 0 spiro atoms. The van der Waals surface area contributed by atoms with Crippen LogP contribution in [0.25, 0.3) is 0 Å². The Morgan fingerprint density at radius 3 is 2.47 bits per heavy atom. The SMILES string of the molecule is Cc1nc(Cl)sc1S(=O)(=O)NCCCCC(F)(F)F. The first-order valence-electron chi connectivity index (χ1n) is 5.31. The van der Waals surface area contributed by atoms with Gasteiger partial charge in [-0.05, 0) is 19.8 Å². The van der Waals surface area contributed by atoms with Gasteiger partial charge in [0.2, 0.25) is 0 Å². The molecule has 1 heterocycles. The predicted octanol–water partition coefficient (Wildman–Crippen LogP) is 3.12. The maximum atomic E-state index is 11.9. The van der Waals surface area contributed by atoms with Crippen LogP contribution in [0.5, 0.6) is 0 Å². The van der Waals surface area contributed by atoms with E-state index in [1.54, 1.807) is 0 Å². The number of aromatic nitrogens is 1. The third-order valence-electron chi connectivity index (χ3n) is 2.15. The van der Waals surface area contributed by atoms with Gasteiger partial charge in [-0.3, -0.25) is 0 Å². The summed E-state index contributed by atoms with van der Waals surface area (Å²) in [6, 6.07) is 0. The Morgan fingerprint density at radius 1 is 1.37 bits per heavy atom. The number of hydrogen-bond donors (Lipinski definition) is 1. The molecule has 1 N–H and O–H groups in total. The van der Waals surface area contributed by atoms with Crippen LogP contribution in [0.2, 0.25) is 4.47 Å². The molecule has 0 aromatic carbocycles. The van der Waals surface area contributed by atoms with Crippen molar-refractivity contribution >= 4 is 33.0 Å². The van der Waals surface area contributed by atoms with Crippen LogP contribution in [-0.4, -0.2) is 26.1 Å². The van der Waals surface area contributed by atoms with Gasteiger partial charge in [-0.15, -0.1) is 0 Å². The molecule has 0 aliphatic rings. The van der Waals surface area contributed by atoms with Crippen LogP contribution in [0.4, 0.5) is 13.2 Å². The number of unbranched alkanes of at least 4 members (excludes halogenated alkanes) is 1. The molecular weight excluding hydrogens is 325 g/mol. The third-order valence-corrected chi connectivity index (χ3v) is 5.48. The molecule has 1 rings (SSSR count). The molecule has 0 aliphatic heterocycles. The fourth-order valence-corrected chi connectivity index (χ4v) is 4.18. The molecule has 0 radical (unpaired) electrons. The van der Waals surface area contributed by atoms with E-state index < -0.39 is 22.6 Å². The summed E-state index contributed by atoms with van der Waals surface area (Å²) < 4.78 is 61.6. The lowest BCUT2D eigenvalue weighted by atomic mass is 10.2. The van der Waals surface area contributed by atoms with E-state index in [0.29, 0.717) is 0 Å². The summed E-state index contributed by atoms with van der Waals surface area (Å²) in [5.74, 6) is 0. The summed E-state index contributed by atoms with van der Waals surface area (Å²) in [5.41, 5.74) is 0.276. The minimum Gasteiger partial charge on any atom is -0.229 e. The van der Waals surface area contributed by atoms with Gasteiger partial charge in [0, 0.05) is 13.0 Å². The Bertz CT molecular complexity index is 528. The molecule has 1 aromatic heterocycles. The highest BCUT2D eigenvalue weighted by atomic mass is 35.5. The van der Waals surface area contributed by atoms with Crippen molar-refractivity contribution in [2.45, 2.75) is 36.6 Å². The average Bonchev–Trinajstić information content (AvgIpc) is 2.56. The first-order chi connectivity index (χ1) is 8.62. The first-order valence-corrected chi connectivity index (χ1v) is 7.99. The van der Waals surface area contributed by atoms with Crippen LogP contribution in [0.1, 0.15) is 25.0 Å². The fraction of sp³-hybridized carbons (Fsp3) is 0.667. The number of alkyl halides is 3.